The number of para-hydroxylation sites is 1. The molecule has 0 spiro atoms. The van der Waals surface area contributed by atoms with E-state index in [1.807, 2.05) is 0 Å². The highest BCUT2D eigenvalue weighted by atomic mass is 16.5. The zero-order valence-corrected chi connectivity index (χ0v) is 13.8. The second kappa shape index (κ2) is 7.10. The number of hydrogen-bond donors (Lipinski definition) is 1. The molecular weight excluding hydrogens is 260 g/mol. The van der Waals surface area contributed by atoms with E-state index in [-0.39, 0.29) is 5.60 Å². The molecule has 21 heavy (non-hydrogen) atoms. The molecule has 1 N–H and O–H groups in total. The number of benzene rings is 1. The molecule has 1 aromatic heterocycles. The van der Waals surface area contributed by atoms with Gasteiger partial charge in [-0.3, -0.25) is 0 Å². The van der Waals surface area contributed by atoms with Crippen LogP contribution in [0.5, 0.6) is 0 Å². The van der Waals surface area contributed by atoms with Crippen molar-refractivity contribution in [3.05, 3.63) is 36.0 Å². The predicted molar refractivity (Wildman–Crippen MR) is 89.9 cm³/mol. The molecule has 0 aliphatic carbocycles. The Hall–Kier alpha value is -1.32. The number of fused-ring (bicyclic) bond motifs is 1. The second-order valence-corrected chi connectivity index (χ2v) is 6.18. The first kappa shape index (κ1) is 16.1. The molecule has 0 aliphatic rings. The molecule has 3 nitrogen and oxygen atoms in total. The van der Waals surface area contributed by atoms with E-state index < -0.39 is 0 Å². The van der Waals surface area contributed by atoms with Gasteiger partial charge in [0.05, 0.1) is 5.60 Å². The fraction of sp³-hybridized carbons (Fsp3) is 0.556. The first-order chi connectivity index (χ1) is 10.1. The molecule has 2 aromatic rings. The second-order valence-electron chi connectivity index (χ2n) is 6.18. The van der Waals surface area contributed by atoms with E-state index in [2.05, 4.69) is 61.1 Å². The lowest BCUT2D eigenvalue weighted by molar-refractivity contribution is 0.0123. The van der Waals surface area contributed by atoms with Gasteiger partial charge in [-0.05, 0) is 51.4 Å². The van der Waals surface area contributed by atoms with Gasteiger partial charge in [-0.15, -0.1) is 0 Å². The van der Waals surface area contributed by atoms with Crippen molar-refractivity contribution >= 4 is 10.9 Å². The summed E-state index contributed by atoms with van der Waals surface area (Å²) in [5.41, 5.74) is 2.69. The SMILES string of the molecule is CCNCCc1cn(CCC(C)(C)OC)c2ccccc12. The molecule has 0 saturated carbocycles. The standard InChI is InChI=1S/C18H28N2O/c1-5-19-12-10-15-14-20(13-11-18(2,3)21-4)17-9-7-6-8-16(15)17/h6-9,14,19H,5,10-13H2,1-4H3. The molecule has 0 saturated heterocycles. The van der Waals surface area contributed by atoms with Crippen molar-refractivity contribution in [1.82, 2.24) is 9.88 Å². The molecule has 3 heteroatoms. The third kappa shape index (κ3) is 4.08. The first-order valence-corrected chi connectivity index (χ1v) is 7.90. The van der Waals surface area contributed by atoms with Crippen molar-refractivity contribution in [1.29, 1.82) is 0 Å². The molecule has 1 aromatic carbocycles. The minimum atomic E-state index is -0.0741. The van der Waals surface area contributed by atoms with Crippen LogP contribution < -0.4 is 5.32 Å². The summed E-state index contributed by atoms with van der Waals surface area (Å²) in [7, 11) is 1.79. The highest BCUT2D eigenvalue weighted by molar-refractivity contribution is 5.84. The summed E-state index contributed by atoms with van der Waals surface area (Å²) in [5.74, 6) is 0. The Morgan fingerprint density at radius 3 is 2.71 bits per heavy atom. The minimum absolute atomic E-state index is 0.0741. The Labute approximate surface area is 128 Å². The fourth-order valence-electron chi connectivity index (χ4n) is 2.60. The van der Waals surface area contributed by atoms with E-state index in [1.54, 1.807) is 7.11 Å². The zero-order chi connectivity index (χ0) is 15.3. The number of methoxy groups -OCH3 is 1. The van der Waals surface area contributed by atoms with Crippen LogP contribution in [0.15, 0.2) is 30.5 Å². The maximum atomic E-state index is 5.53. The topological polar surface area (TPSA) is 26.2 Å². The highest BCUT2D eigenvalue weighted by Crippen LogP contribution is 2.23. The number of likely N-dealkylation sites (N-methyl/N-ethyl adjacent to an activating group) is 1. The first-order valence-electron chi connectivity index (χ1n) is 7.90. The summed E-state index contributed by atoms with van der Waals surface area (Å²) in [6, 6.07) is 8.69. The van der Waals surface area contributed by atoms with E-state index in [4.69, 9.17) is 4.74 Å². The van der Waals surface area contributed by atoms with Gasteiger partial charge in [-0.1, -0.05) is 25.1 Å². The number of rotatable bonds is 8. The van der Waals surface area contributed by atoms with Crippen LogP contribution in [0.1, 0.15) is 32.8 Å². The van der Waals surface area contributed by atoms with Crippen LogP contribution in [0.4, 0.5) is 0 Å². The number of aromatic nitrogens is 1. The van der Waals surface area contributed by atoms with Crippen LogP contribution in [-0.4, -0.2) is 30.4 Å². The molecule has 0 radical (unpaired) electrons. The molecule has 0 amide bonds. The molecule has 2 rings (SSSR count). The van der Waals surface area contributed by atoms with Crippen LogP contribution in [0.2, 0.25) is 0 Å². The quantitative estimate of drug-likeness (QED) is 0.751. The molecule has 0 fully saturated rings. The van der Waals surface area contributed by atoms with Crippen LogP contribution in [-0.2, 0) is 17.7 Å². The maximum Gasteiger partial charge on any atom is 0.0639 e. The van der Waals surface area contributed by atoms with Crippen LogP contribution >= 0.6 is 0 Å². The molecule has 116 valence electrons. The van der Waals surface area contributed by atoms with Crippen LogP contribution in [0, 0.1) is 0 Å². The molecular formula is C18H28N2O. The lowest BCUT2D eigenvalue weighted by atomic mass is 10.1. The highest BCUT2D eigenvalue weighted by Gasteiger charge is 2.17. The van der Waals surface area contributed by atoms with E-state index in [0.29, 0.717) is 0 Å². The van der Waals surface area contributed by atoms with Crippen LogP contribution in [0.3, 0.4) is 0 Å². The molecule has 0 bridgehead atoms. The summed E-state index contributed by atoms with van der Waals surface area (Å²) in [6.45, 7) is 9.49. The summed E-state index contributed by atoms with van der Waals surface area (Å²) in [4.78, 5) is 0. The van der Waals surface area contributed by atoms with E-state index >= 15 is 0 Å². The average molecular weight is 288 g/mol. The Bertz CT molecular complexity index is 572. The molecule has 0 aliphatic heterocycles. The van der Waals surface area contributed by atoms with Gasteiger partial charge in [0.25, 0.3) is 0 Å². The van der Waals surface area contributed by atoms with Gasteiger partial charge < -0.3 is 14.6 Å². The number of nitrogens with one attached hydrogen (secondary N) is 1. The maximum absolute atomic E-state index is 5.53. The normalized spacial score (nSPS) is 12.2. The zero-order valence-electron chi connectivity index (χ0n) is 13.8. The Balaban J connectivity index is 2.19. The molecule has 0 unspecified atom stereocenters. The minimum Gasteiger partial charge on any atom is -0.379 e. The van der Waals surface area contributed by atoms with E-state index in [0.717, 1.165) is 32.5 Å². The Kier molecular flexibility index (Phi) is 5.43. The van der Waals surface area contributed by atoms with E-state index in [9.17, 15) is 0 Å². The smallest absolute Gasteiger partial charge is 0.0639 e. The van der Waals surface area contributed by atoms with Crippen molar-refractivity contribution in [3.63, 3.8) is 0 Å². The summed E-state index contributed by atoms with van der Waals surface area (Å²) >= 11 is 0. The molecule has 1 heterocycles. The van der Waals surface area contributed by atoms with Gasteiger partial charge in [0.15, 0.2) is 0 Å². The Morgan fingerprint density at radius 2 is 2.00 bits per heavy atom. The third-order valence-corrected chi connectivity index (χ3v) is 4.20. The number of nitrogens with zero attached hydrogens (tertiary/aromatic N) is 1. The third-order valence-electron chi connectivity index (χ3n) is 4.20. The van der Waals surface area contributed by atoms with Crippen LogP contribution in [0.25, 0.3) is 10.9 Å². The van der Waals surface area contributed by atoms with Gasteiger partial charge in [0.2, 0.25) is 0 Å². The van der Waals surface area contributed by atoms with Crippen molar-refractivity contribution < 1.29 is 4.74 Å². The molecule has 0 atom stereocenters. The van der Waals surface area contributed by atoms with Gasteiger partial charge in [0, 0.05) is 30.8 Å². The monoisotopic (exact) mass is 288 g/mol. The fourth-order valence-corrected chi connectivity index (χ4v) is 2.60. The van der Waals surface area contributed by atoms with Crippen molar-refractivity contribution in [2.24, 2.45) is 0 Å². The summed E-state index contributed by atoms with van der Waals surface area (Å²) < 4.78 is 7.91. The average Bonchev–Trinajstić information content (AvgIpc) is 2.84. The summed E-state index contributed by atoms with van der Waals surface area (Å²) in [6.07, 6.45) is 4.40. The number of hydrogen-bond acceptors (Lipinski definition) is 2. The van der Waals surface area contributed by atoms with Crippen molar-refractivity contribution in [2.75, 3.05) is 20.2 Å². The van der Waals surface area contributed by atoms with Gasteiger partial charge >= 0.3 is 0 Å². The van der Waals surface area contributed by atoms with Gasteiger partial charge in [0.1, 0.15) is 0 Å². The lowest BCUT2D eigenvalue weighted by Crippen LogP contribution is -2.24. The Morgan fingerprint density at radius 1 is 1.24 bits per heavy atom. The largest absolute Gasteiger partial charge is 0.379 e. The summed E-state index contributed by atoms with van der Waals surface area (Å²) in [5, 5.41) is 4.79. The van der Waals surface area contributed by atoms with Crippen molar-refractivity contribution in [3.8, 4) is 0 Å². The number of ether oxygens (including phenoxy) is 1. The van der Waals surface area contributed by atoms with Crippen molar-refractivity contribution in [2.45, 2.75) is 45.8 Å². The predicted octanol–water partition coefficient (Wildman–Crippen LogP) is 3.61. The van der Waals surface area contributed by atoms with Gasteiger partial charge in [-0.2, -0.15) is 0 Å². The van der Waals surface area contributed by atoms with E-state index in [1.165, 1.54) is 16.5 Å². The number of aryl methyl sites for hydroxylation is 1. The lowest BCUT2D eigenvalue weighted by Gasteiger charge is -2.23. The van der Waals surface area contributed by atoms with Gasteiger partial charge in [-0.25, -0.2) is 0 Å².